The Labute approximate surface area is 281 Å². The second kappa shape index (κ2) is 15.3. The van der Waals surface area contributed by atoms with Crippen LogP contribution in [0.15, 0.2) is 101 Å². The fourth-order valence-electron chi connectivity index (χ4n) is 6.11. The van der Waals surface area contributed by atoms with Gasteiger partial charge in [0.25, 0.3) is 5.91 Å². The predicted octanol–water partition coefficient (Wildman–Crippen LogP) is 7.63. The summed E-state index contributed by atoms with van der Waals surface area (Å²) in [4.78, 5) is 39.1. The molecule has 0 radical (unpaired) electrons. The van der Waals surface area contributed by atoms with Crippen LogP contribution in [0, 0.1) is 13.8 Å². The summed E-state index contributed by atoms with van der Waals surface area (Å²) in [6, 6.07) is 26.1. The molecule has 1 aliphatic rings. The molecule has 0 aliphatic heterocycles. The number of amides is 3. The van der Waals surface area contributed by atoms with Gasteiger partial charge in [-0.1, -0.05) is 67.8 Å². The summed E-state index contributed by atoms with van der Waals surface area (Å²) < 4.78 is 27.3. The third-order valence-corrected chi connectivity index (χ3v) is 10.9. The van der Waals surface area contributed by atoms with Crippen LogP contribution in [-0.4, -0.2) is 38.0 Å². The molecule has 0 unspecified atom stereocenters. The molecule has 5 rings (SSSR count). The van der Waals surface area contributed by atoms with Crippen molar-refractivity contribution in [1.82, 2.24) is 5.32 Å². The van der Waals surface area contributed by atoms with E-state index in [1.54, 1.807) is 79.4 Å². The fourth-order valence-corrected chi connectivity index (χ4v) is 7.87. The summed E-state index contributed by atoms with van der Waals surface area (Å²) in [5, 5.41) is 14.3. The Kier molecular flexibility index (Phi) is 11.0. The first-order valence-electron chi connectivity index (χ1n) is 16.2. The van der Waals surface area contributed by atoms with E-state index in [4.69, 9.17) is 5.11 Å². The Morgan fingerprint density at radius 2 is 1.48 bits per heavy atom. The number of carboxylic acid groups (broad SMARTS) is 1. The van der Waals surface area contributed by atoms with Crippen LogP contribution < -0.4 is 15.5 Å². The number of benzene rings is 4. The van der Waals surface area contributed by atoms with Crippen molar-refractivity contribution in [2.75, 3.05) is 16.8 Å². The highest BCUT2D eigenvalue weighted by molar-refractivity contribution is 7.91. The van der Waals surface area contributed by atoms with Gasteiger partial charge in [-0.05, 0) is 97.3 Å². The Morgan fingerprint density at radius 3 is 2.15 bits per heavy atom. The molecule has 1 saturated carbocycles. The van der Waals surface area contributed by atoms with Crippen LogP contribution >= 0.6 is 0 Å². The van der Waals surface area contributed by atoms with Gasteiger partial charge in [0, 0.05) is 23.5 Å². The first-order chi connectivity index (χ1) is 23.0. The first kappa shape index (κ1) is 34.4. The number of hydrogen-bond acceptors (Lipinski definition) is 5. The van der Waals surface area contributed by atoms with E-state index in [-0.39, 0.29) is 35.2 Å². The Morgan fingerprint density at radius 1 is 0.812 bits per heavy atom. The lowest BCUT2D eigenvalue weighted by Crippen LogP contribution is -2.34. The molecule has 9 nitrogen and oxygen atoms in total. The number of anilines is 2. The molecule has 4 aromatic carbocycles. The number of rotatable bonds is 11. The van der Waals surface area contributed by atoms with E-state index in [0.29, 0.717) is 34.0 Å². The zero-order valence-corrected chi connectivity index (χ0v) is 28.1. The largest absolute Gasteiger partial charge is 0.481 e. The van der Waals surface area contributed by atoms with E-state index >= 15 is 0 Å². The molecule has 3 amide bonds. The van der Waals surface area contributed by atoms with Gasteiger partial charge >= 0.3 is 12.0 Å². The van der Waals surface area contributed by atoms with Gasteiger partial charge in [0.15, 0.2) is 0 Å². The van der Waals surface area contributed by atoms with E-state index in [0.717, 1.165) is 18.4 Å². The van der Waals surface area contributed by atoms with Crippen molar-refractivity contribution in [2.24, 2.45) is 0 Å². The zero-order valence-electron chi connectivity index (χ0n) is 27.2. The topological polar surface area (TPSA) is 133 Å². The van der Waals surface area contributed by atoms with Gasteiger partial charge < -0.3 is 15.7 Å². The number of aryl methyl sites for hydroxylation is 2. The highest BCUT2D eigenvalue weighted by atomic mass is 32.2. The number of carboxylic acids is 1. The number of aliphatic carboxylic acids is 1. The molecule has 0 heterocycles. The number of sulfone groups is 1. The van der Waals surface area contributed by atoms with E-state index in [9.17, 15) is 22.8 Å². The molecule has 4 aromatic rings. The van der Waals surface area contributed by atoms with Crippen LogP contribution in [0.1, 0.15) is 77.1 Å². The number of nitrogens with zero attached hydrogens (tertiary/aromatic N) is 1. The molecule has 0 atom stereocenters. The maximum Gasteiger partial charge on any atom is 0.326 e. The van der Waals surface area contributed by atoms with E-state index < -0.39 is 21.8 Å². The summed E-state index contributed by atoms with van der Waals surface area (Å²) in [5.74, 6) is -0.873. The summed E-state index contributed by atoms with van der Waals surface area (Å²) >= 11 is 0. The molecule has 0 aromatic heterocycles. The van der Waals surface area contributed by atoms with Gasteiger partial charge in [-0.2, -0.15) is 0 Å². The molecule has 3 N–H and O–H groups in total. The number of nitrogens with one attached hydrogen (secondary N) is 2. The van der Waals surface area contributed by atoms with Crippen molar-refractivity contribution in [2.45, 2.75) is 74.6 Å². The SMILES string of the molecule is Cc1ccccc1S(=O)(=O)c1cc(NC(=O)N(Cc2ccc(C(=O)NCCC(=O)O)cc2)c2ccc(C3CCCCC3)cc2)ccc1C. The molecule has 0 spiro atoms. The minimum absolute atomic E-state index is 0.0215. The van der Waals surface area contributed by atoms with E-state index in [2.05, 4.69) is 22.8 Å². The van der Waals surface area contributed by atoms with Crippen LogP contribution in [0.4, 0.5) is 16.2 Å². The van der Waals surface area contributed by atoms with Crippen LogP contribution in [0.25, 0.3) is 0 Å². The molecule has 250 valence electrons. The molecular weight excluding hydrogens is 627 g/mol. The lowest BCUT2D eigenvalue weighted by atomic mass is 9.84. The van der Waals surface area contributed by atoms with Gasteiger partial charge in [-0.3, -0.25) is 14.5 Å². The number of carbonyl (C=O) groups excluding carboxylic acids is 2. The quantitative estimate of drug-likeness (QED) is 0.151. The number of carbonyl (C=O) groups is 3. The van der Waals surface area contributed by atoms with E-state index in [1.807, 2.05) is 12.1 Å². The molecule has 1 aliphatic carbocycles. The number of urea groups is 1. The molecule has 0 bridgehead atoms. The van der Waals surface area contributed by atoms with Gasteiger partial charge in [0.05, 0.1) is 22.8 Å². The lowest BCUT2D eigenvalue weighted by molar-refractivity contribution is -0.136. The lowest BCUT2D eigenvalue weighted by Gasteiger charge is -2.26. The van der Waals surface area contributed by atoms with Gasteiger partial charge in [0.2, 0.25) is 9.84 Å². The third-order valence-electron chi connectivity index (χ3n) is 8.82. The second-order valence-electron chi connectivity index (χ2n) is 12.3. The molecule has 1 fully saturated rings. The van der Waals surface area contributed by atoms with Crippen molar-refractivity contribution in [3.8, 4) is 0 Å². The average Bonchev–Trinajstić information content (AvgIpc) is 3.08. The minimum atomic E-state index is -3.84. The number of hydrogen-bond donors (Lipinski definition) is 3. The Hall–Kier alpha value is -4.96. The minimum Gasteiger partial charge on any atom is -0.481 e. The summed E-state index contributed by atoms with van der Waals surface area (Å²) in [7, 11) is -3.84. The normalized spacial score (nSPS) is 13.5. The van der Waals surface area contributed by atoms with Crippen molar-refractivity contribution in [3.63, 3.8) is 0 Å². The van der Waals surface area contributed by atoms with Crippen molar-refractivity contribution >= 4 is 39.1 Å². The summed E-state index contributed by atoms with van der Waals surface area (Å²) in [6.07, 6.45) is 5.83. The maximum absolute atomic E-state index is 14.0. The first-order valence-corrected chi connectivity index (χ1v) is 17.7. The van der Waals surface area contributed by atoms with Crippen LogP contribution in [0.5, 0.6) is 0 Å². The smallest absolute Gasteiger partial charge is 0.326 e. The van der Waals surface area contributed by atoms with Gasteiger partial charge in [0.1, 0.15) is 0 Å². The Balaban J connectivity index is 1.40. The average molecular weight is 668 g/mol. The Bertz CT molecular complexity index is 1880. The maximum atomic E-state index is 14.0. The second-order valence-corrected chi connectivity index (χ2v) is 14.2. The fraction of sp³-hybridized carbons (Fsp3) is 0.289. The molecule has 0 saturated heterocycles. The van der Waals surface area contributed by atoms with E-state index in [1.165, 1.54) is 30.9 Å². The van der Waals surface area contributed by atoms with Crippen molar-refractivity contribution in [1.29, 1.82) is 0 Å². The van der Waals surface area contributed by atoms with Crippen LogP contribution in [0.3, 0.4) is 0 Å². The molecule has 48 heavy (non-hydrogen) atoms. The van der Waals surface area contributed by atoms with Gasteiger partial charge in [-0.15, -0.1) is 0 Å². The highest BCUT2D eigenvalue weighted by Crippen LogP contribution is 2.34. The van der Waals surface area contributed by atoms with Crippen molar-refractivity contribution in [3.05, 3.63) is 119 Å². The van der Waals surface area contributed by atoms with Crippen LogP contribution in [-0.2, 0) is 21.2 Å². The molecule has 10 heteroatoms. The summed E-state index contributed by atoms with van der Waals surface area (Å²) in [6.45, 7) is 3.68. The summed E-state index contributed by atoms with van der Waals surface area (Å²) in [5.41, 5.74) is 4.60. The zero-order chi connectivity index (χ0) is 34.3. The third kappa shape index (κ3) is 8.30. The standard InChI is InChI=1S/C38H41N3O6S/c1-26-8-6-7-11-34(26)48(46,47)35-24-32(19-12-27(35)2)40-38(45)41(33-20-17-30(18-21-33)29-9-4-3-5-10-29)25-28-13-15-31(16-14-28)37(44)39-23-22-36(42)43/h6-8,11-21,24,29H,3-5,9-10,22-23,25H2,1-2H3,(H,39,44)(H,40,45)(H,42,43). The highest BCUT2D eigenvalue weighted by Gasteiger charge is 2.24. The van der Waals surface area contributed by atoms with Crippen molar-refractivity contribution < 1.29 is 27.9 Å². The van der Waals surface area contributed by atoms with Gasteiger partial charge in [-0.25, -0.2) is 13.2 Å². The monoisotopic (exact) mass is 667 g/mol. The molecular formula is C38H41N3O6S. The predicted molar refractivity (Wildman–Crippen MR) is 186 cm³/mol. The van der Waals surface area contributed by atoms with Crippen LogP contribution in [0.2, 0.25) is 0 Å².